The van der Waals surface area contributed by atoms with Gasteiger partial charge in [0.1, 0.15) is 0 Å². The summed E-state index contributed by atoms with van der Waals surface area (Å²) in [7, 11) is 1.83. The van der Waals surface area contributed by atoms with E-state index >= 15 is 0 Å². The molecule has 0 bridgehead atoms. The van der Waals surface area contributed by atoms with Crippen molar-refractivity contribution in [3.05, 3.63) is 29.3 Å². The molecule has 1 unspecified atom stereocenters. The van der Waals surface area contributed by atoms with E-state index in [0.717, 1.165) is 5.69 Å². The maximum absolute atomic E-state index is 11.7. The highest BCUT2D eigenvalue weighted by molar-refractivity contribution is 9.09. The number of hydrogen-bond donors (Lipinski definition) is 1. The van der Waals surface area contributed by atoms with Gasteiger partial charge < -0.3 is 10.2 Å². The molecule has 3 nitrogen and oxygen atoms in total. The number of carbonyl (C=O) groups excluding carboxylic acids is 1. The Morgan fingerprint density at radius 3 is 2.71 bits per heavy atom. The van der Waals surface area contributed by atoms with E-state index in [1.165, 1.54) is 43.2 Å². The number of fused-ring (bicyclic) bond motifs is 1. The monoisotopic (exact) mass is 350 g/mol. The van der Waals surface area contributed by atoms with E-state index in [0.29, 0.717) is 16.8 Å². The highest BCUT2D eigenvalue weighted by atomic mass is 79.9. The van der Waals surface area contributed by atoms with Gasteiger partial charge in [-0.05, 0) is 35.4 Å². The van der Waals surface area contributed by atoms with Gasteiger partial charge in [-0.15, -0.1) is 0 Å². The Balaban J connectivity index is 1.86. The first-order valence-corrected chi connectivity index (χ1v) is 8.70. The molecule has 1 saturated carbocycles. The molecular formula is C17H23BrN2O. The Kier molecular flexibility index (Phi) is 4.00. The lowest BCUT2D eigenvalue weighted by molar-refractivity contribution is 0.212. The van der Waals surface area contributed by atoms with Crippen LogP contribution in [-0.4, -0.2) is 18.0 Å². The Morgan fingerprint density at radius 1 is 1.29 bits per heavy atom. The van der Waals surface area contributed by atoms with Crippen LogP contribution in [0.4, 0.5) is 10.5 Å². The maximum Gasteiger partial charge on any atom is 0.321 e. The standard InChI is InChI=1S/C17H23BrN2O/c1-17(8-4-3-5-9-17)15(18)12-6-7-14-13(10-12)11-20(2)16(21)19-14/h6-7,10,15H,3-5,8-9,11H2,1-2H3,(H,19,21). The van der Waals surface area contributed by atoms with Crippen LogP contribution in [0.15, 0.2) is 18.2 Å². The molecule has 2 aliphatic rings. The zero-order valence-electron chi connectivity index (χ0n) is 12.8. The molecule has 0 radical (unpaired) electrons. The summed E-state index contributed by atoms with van der Waals surface area (Å²) in [5.41, 5.74) is 3.84. The summed E-state index contributed by atoms with van der Waals surface area (Å²) in [5.74, 6) is 0. The van der Waals surface area contributed by atoms with Gasteiger partial charge in [-0.2, -0.15) is 0 Å². The number of urea groups is 1. The SMILES string of the molecule is CN1Cc2cc(C(Br)C3(C)CCCCC3)ccc2NC1=O. The van der Waals surface area contributed by atoms with Gasteiger partial charge >= 0.3 is 6.03 Å². The van der Waals surface area contributed by atoms with Gasteiger partial charge in [0.15, 0.2) is 0 Å². The van der Waals surface area contributed by atoms with Gasteiger partial charge in [-0.1, -0.05) is 54.2 Å². The van der Waals surface area contributed by atoms with Crippen molar-refractivity contribution in [3.8, 4) is 0 Å². The van der Waals surface area contributed by atoms with Crippen LogP contribution in [-0.2, 0) is 6.54 Å². The fourth-order valence-electron chi connectivity index (χ4n) is 3.58. The van der Waals surface area contributed by atoms with Crippen LogP contribution in [0.1, 0.15) is 55.0 Å². The van der Waals surface area contributed by atoms with Gasteiger partial charge in [0.2, 0.25) is 0 Å². The third-order valence-corrected chi connectivity index (χ3v) is 6.66. The predicted molar refractivity (Wildman–Crippen MR) is 89.8 cm³/mol. The lowest BCUT2D eigenvalue weighted by atomic mass is 9.72. The first-order valence-electron chi connectivity index (χ1n) is 7.79. The van der Waals surface area contributed by atoms with E-state index in [2.05, 4.69) is 46.4 Å². The number of amides is 2. The first kappa shape index (κ1) is 14.9. The summed E-state index contributed by atoms with van der Waals surface area (Å²) < 4.78 is 0. The van der Waals surface area contributed by atoms with Crippen LogP contribution >= 0.6 is 15.9 Å². The molecule has 1 aromatic rings. The topological polar surface area (TPSA) is 32.3 Å². The van der Waals surface area contributed by atoms with Crippen molar-refractivity contribution in [1.29, 1.82) is 0 Å². The molecule has 1 aliphatic carbocycles. The molecular weight excluding hydrogens is 328 g/mol. The third kappa shape index (κ3) is 2.83. The van der Waals surface area contributed by atoms with E-state index in [1.807, 2.05) is 7.05 Å². The van der Waals surface area contributed by atoms with Crippen LogP contribution in [0.25, 0.3) is 0 Å². The number of carbonyl (C=O) groups is 1. The quantitative estimate of drug-likeness (QED) is 0.741. The summed E-state index contributed by atoms with van der Waals surface area (Å²) in [4.78, 5) is 13.8. The lowest BCUT2D eigenvalue weighted by Gasteiger charge is -2.38. The molecule has 1 heterocycles. The van der Waals surface area contributed by atoms with Crippen LogP contribution in [0.5, 0.6) is 0 Å². The molecule has 2 amide bonds. The summed E-state index contributed by atoms with van der Waals surface area (Å²) in [6.07, 6.45) is 6.62. The second kappa shape index (κ2) is 5.64. The zero-order chi connectivity index (χ0) is 15.0. The Morgan fingerprint density at radius 2 is 2.00 bits per heavy atom. The number of rotatable bonds is 2. The van der Waals surface area contributed by atoms with Crippen LogP contribution < -0.4 is 5.32 Å². The van der Waals surface area contributed by atoms with Crippen LogP contribution in [0.3, 0.4) is 0 Å². The van der Waals surface area contributed by atoms with Crippen LogP contribution in [0, 0.1) is 5.41 Å². The van der Waals surface area contributed by atoms with E-state index in [4.69, 9.17) is 0 Å². The molecule has 21 heavy (non-hydrogen) atoms. The summed E-state index contributed by atoms with van der Waals surface area (Å²) in [5, 5.41) is 2.94. The number of halogens is 1. The highest BCUT2D eigenvalue weighted by Crippen LogP contribution is 2.50. The predicted octanol–water partition coefficient (Wildman–Crippen LogP) is 5.07. The fraction of sp³-hybridized carbons (Fsp3) is 0.588. The summed E-state index contributed by atoms with van der Waals surface area (Å²) in [6.45, 7) is 3.09. The van der Waals surface area contributed by atoms with E-state index < -0.39 is 0 Å². The van der Waals surface area contributed by atoms with Crippen molar-refractivity contribution < 1.29 is 4.79 Å². The largest absolute Gasteiger partial charge is 0.323 e. The van der Waals surface area contributed by atoms with Gasteiger partial charge in [-0.3, -0.25) is 0 Å². The molecule has 1 N–H and O–H groups in total. The molecule has 114 valence electrons. The minimum Gasteiger partial charge on any atom is -0.323 e. The molecule has 1 aliphatic heterocycles. The molecule has 0 aromatic heterocycles. The normalized spacial score (nSPS) is 22.4. The van der Waals surface area contributed by atoms with Crippen molar-refractivity contribution in [2.75, 3.05) is 12.4 Å². The third-order valence-electron chi connectivity index (χ3n) is 5.03. The second-order valence-corrected chi connectivity index (χ2v) is 7.70. The minimum atomic E-state index is -0.0233. The highest BCUT2D eigenvalue weighted by Gasteiger charge is 2.35. The summed E-state index contributed by atoms with van der Waals surface area (Å²) in [6, 6.07) is 6.44. The fourth-order valence-corrected chi connectivity index (χ4v) is 4.32. The van der Waals surface area contributed by atoms with Crippen molar-refractivity contribution in [2.24, 2.45) is 5.41 Å². The van der Waals surface area contributed by atoms with Gasteiger partial charge in [0.05, 0.1) is 0 Å². The molecule has 0 saturated heterocycles. The summed E-state index contributed by atoms with van der Waals surface area (Å²) >= 11 is 3.96. The average Bonchev–Trinajstić information content (AvgIpc) is 2.48. The lowest BCUT2D eigenvalue weighted by Crippen LogP contribution is -2.35. The Labute approximate surface area is 135 Å². The van der Waals surface area contributed by atoms with Crippen molar-refractivity contribution in [2.45, 2.75) is 50.4 Å². The maximum atomic E-state index is 11.7. The van der Waals surface area contributed by atoms with E-state index in [1.54, 1.807) is 4.90 Å². The second-order valence-electron chi connectivity index (χ2n) is 6.78. The zero-order valence-corrected chi connectivity index (χ0v) is 14.4. The molecule has 1 aromatic carbocycles. The van der Waals surface area contributed by atoms with Gasteiger partial charge in [0, 0.05) is 24.1 Å². The van der Waals surface area contributed by atoms with E-state index in [9.17, 15) is 4.79 Å². The number of alkyl halides is 1. The Hall–Kier alpha value is -1.03. The van der Waals surface area contributed by atoms with Crippen molar-refractivity contribution in [1.82, 2.24) is 4.90 Å². The molecule has 1 fully saturated rings. The van der Waals surface area contributed by atoms with Gasteiger partial charge in [-0.25, -0.2) is 4.79 Å². The van der Waals surface area contributed by atoms with Crippen molar-refractivity contribution in [3.63, 3.8) is 0 Å². The van der Waals surface area contributed by atoms with Crippen molar-refractivity contribution >= 4 is 27.6 Å². The average molecular weight is 351 g/mol. The molecule has 3 rings (SSSR count). The number of benzene rings is 1. The molecule has 0 spiro atoms. The number of nitrogens with zero attached hydrogens (tertiary/aromatic N) is 1. The Bertz CT molecular complexity index is 552. The molecule has 1 atom stereocenters. The minimum absolute atomic E-state index is 0.0233. The first-order chi connectivity index (χ1) is 9.99. The van der Waals surface area contributed by atoms with Gasteiger partial charge in [0.25, 0.3) is 0 Å². The van der Waals surface area contributed by atoms with E-state index in [-0.39, 0.29) is 6.03 Å². The number of hydrogen-bond acceptors (Lipinski definition) is 1. The number of anilines is 1. The molecule has 4 heteroatoms. The van der Waals surface area contributed by atoms with Crippen LogP contribution in [0.2, 0.25) is 0 Å². The smallest absolute Gasteiger partial charge is 0.321 e. The number of nitrogens with one attached hydrogen (secondary N) is 1.